The second-order valence-electron chi connectivity index (χ2n) is 42.8. The van der Waals surface area contributed by atoms with Gasteiger partial charge in [0.05, 0.1) is 0 Å². The molecule has 9 aliphatic rings. The zero-order chi connectivity index (χ0) is 94.8. The zero-order valence-corrected chi connectivity index (χ0v) is 94.0. The Balaban J connectivity index is -0.000000156. The van der Waals surface area contributed by atoms with Gasteiger partial charge in [-0.15, -0.1) is 0 Å². The molecule has 0 amide bonds. The Hall–Kier alpha value is -0.160. The Kier molecular flexibility index (Phi) is 80.5. The standard InChI is InChI=1S/C14H28.C12H24.C11H22.2C10H21N.2C10H20.2C9H19N.9C2H6/c1-12(2)14(13(3,4)5)10-8-6-7-9-11-14;1-10(2)12(11(3)4)8-6-5-7-9-12;1-9(2)11(10(3)4)7-5-6-8-11;1-8(2)10(9(3)4)5-6-11-7-10;1-8(2)10(9(3)4)6-5-7-11-10;1-8(2)10(6-7-10)9(3,4)5;1-8(2)10(9(3)4)6-5-7-10;1-7(2)9(8(3)4)5-10-6-9;1-7(2)9(8(3)4)5-6-10-9;9*1-2/h12H,6-11H2,1-5H3;10-11H,5-9H2,1-4H3;9-10H,5-8H2,1-4H3;2*8-9,11H,5-7H2,1-4H3;8H,6-7H2,1-5H3;8-9H,5-7H2,1-4H3;2*7-8,10H,5-6H2,1-4H3;9*1-2H3. The van der Waals surface area contributed by atoms with Crippen LogP contribution < -0.4 is 21.3 Å². The largest absolute Gasteiger partial charge is 0.316 e. The van der Waals surface area contributed by atoms with Gasteiger partial charge in [0.15, 0.2) is 0 Å². The van der Waals surface area contributed by atoms with Gasteiger partial charge >= 0.3 is 0 Å². The van der Waals surface area contributed by atoms with Gasteiger partial charge in [0, 0.05) is 30.7 Å². The molecule has 0 atom stereocenters. The van der Waals surface area contributed by atoms with Crippen LogP contribution in [0.25, 0.3) is 0 Å². The second-order valence-corrected chi connectivity index (χ2v) is 42.8. The van der Waals surface area contributed by atoms with Crippen LogP contribution in [0.5, 0.6) is 0 Å². The molecular weight excluding hydrogens is 1410 g/mol. The average Bonchev–Trinajstić information content (AvgIpc) is 1.59. The lowest BCUT2D eigenvalue weighted by Crippen LogP contribution is -2.63. The van der Waals surface area contributed by atoms with Crippen LogP contribution in [0, 0.1) is 143 Å². The Morgan fingerprint density at radius 1 is 0.171 bits per heavy atom. The molecule has 720 valence electrons. The van der Waals surface area contributed by atoms with Gasteiger partial charge in [0.1, 0.15) is 0 Å². The van der Waals surface area contributed by atoms with Gasteiger partial charge in [-0.3, -0.25) is 0 Å². The number of hydrogen-bond donors (Lipinski definition) is 4. The Labute approximate surface area is 752 Å². The highest BCUT2D eigenvalue weighted by molar-refractivity contribution is 5.04. The van der Waals surface area contributed by atoms with Crippen molar-refractivity contribution in [2.24, 2.45) is 143 Å². The topological polar surface area (TPSA) is 48.1 Å². The fourth-order valence-electron chi connectivity index (χ4n) is 23.0. The summed E-state index contributed by atoms with van der Waals surface area (Å²) in [6.07, 6.45) is 34.8. The quantitative estimate of drug-likeness (QED) is 0.116. The first-order valence-corrected chi connectivity index (χ1v) is 53.4. The van der Waals surface area contributed by atoms with Gasteiger partial charge in [-0.05, 0) is 253 Å². The van der Waals surface area contributed by atoms with E-state index in [1.807, 2.05) is 125 Å². The van der Waals surface area contributed by atoms with E-state index in [0.29, 0.717) is 54.4 Å². The molecule has 0 aromatic heterocycles. The molecule has 5 aliphatic carbocycles. The molecule has 0 aromatic rings. The van der Waals surface area contributed by atoms with Gasteiger partial charge in [0.2, 0.25) is 0 Å². The van der Waals surface area contributed by atoms with Crippen molar-refractivity contribution >= 4 is 0 Å². The van der Waals surface area contributed by atoms with Crippen molar-refractivity contribution in [3.8, 4) is 0 Å². The third kappa shape index (κ3) is 41.2. The van der Waals surface area contributed by atoms with E-state index in [9.17, 15) is 0 Å². The summed E-state index contributed by atoms with van der Waals surface area (Å²) in [5, 5.41) is 14.1. The fraction of sp³-hybridized carbons (Fsp3) is 1.00. The van der Waals surface area contributed by atoms with Crippen molar-refractivity contribution in [3.05, 3.63) is 0 Å². The van der Waals surface area contributed by atoms with E-state index in [0.717, 1.165) is 100 Å². The van der Waals surface area contributed by atoms with Crippen LogP contribution in [0.1, 0.15) is 542 Å². The molecule has 0 aromatic carbocycles. The minimum absolute atomic E-state index is 0.444. The highest BCUT2D eigenvalue weighted by Gasteiger charge is 2.54. The summed E-state index contributed by atoms with van der Waals surface area (Å²) >= 11 is 0. The molecule has 9 fully saturated rings. The first kappa shape index (κ1) is 135. The minimum atomic E-state index is 0.444. The van der Waals surface area contributed by atoms with Crippen LogP contribution >= 0.6 is 0 Å². The summed E-state index contributed by atoms with van der Waals surface area (Å²) in [6, 6.07) is 0. The molecule has 117 heavy (non-hydrogen) atoms. The van der Waals surface area contributed by atoms with Gasteiger partial charge < -0.3 is 21.3 Å². The molecule has 9 rings (SSSR count). The second kappa shape index (κ2) is 69.9. The van der Waals surface area contributed by atoms with E-state index in [1.54, 1.807) is 0 Å². The van der Waals surface area contributed by atoms with Crippen molar-refractivity contribution in [1.29, 1.82) is 0 Å². The molecule has 4 nitrogen and oxygen atoms in total. The molecule has 4 heterocycles. The summed E-state index contributed by atoms with van der Waals surface area (Å²) in [7, 11) is 0. The van der Waals surface area contributed by atoms with Crippen molar-refractivity contribution in [2.45, 2.75) is 553 Å². The van der Waals surface area contributed by atoms with E-state index < -0.39 is 0 Å². The predicted octanol–water partition coefficient (Wildman–Crippen LogP) is 37.9. The van der Waals surface area contributed by atoms with Crippen LogP contribution in [-0.2, 0) is 0 Å². The zero-order valence-electron chi connectivity index (χ0n) is 94.0. The maximum Gasteiger partial charge on any atom is 0.0239 e. The monoisotopic (exact) mass is 1660 g/mol. The van der Waals surface area contributed by atoms with Crippen LogP contribution in [0.2, 0.25) is 0 Å². The normalized spacial score (nSPS) is 20.3. The minimum Gasteiger partial charge on any atom is -0.316 e. The molecule has 4 saturated heterocycles. The van der Waals surface area contributed by atoms with E-state index in [2.05, 4.69) is 284 Å². The molecule has 0 bridgehead atoms. The lowest BCUT2D eigenvalue weighted by atomic mass is 9.56. The molecule has 4 N–H and O–H groups in total. The predicted molar refractivity (Wildman–Crippen MR) is 553 cm³/mol. The first-order valence-electron chi connectivity index (χ1n) is 53.4. The maximum atomic E-state index is 3.67. The number of rotatable bonds is 16. The molecule has 0 unspecified atom stereocenters. The van der Waals surface area contributed by atoms with Gasteiger partial charge in [-0.25, -0.2) is 0 Å². The SMILES string of the molecule is CC.CC.CC.CC.CC.CC.CC.CC.CC.CC(C)C1(C(C)(C)C)CC1.CC(C)C1(C(C)(C)C)CCCCCC1.CC(C)C1(C(C)C)CCC1.CC(C)C1(C(C)C)CCCC1.CC(C)C1(C(C)C)CCCCC1.CC(C)C1(C(C)C)CCCN1.CC(C)C1(C(C)C)CCN1.CC(C)C1(C(C)C)CCNC1.CC(C)C1(C(C)C)CNC1. The molecule has 4 heteroatoms. The van der Waals surface area contributed by atoms with Gasteiger partial charge in [0.25, 0.3) is 0 Å². The van der Waals surface area contributed by atoms with Crippen LogP contribution in [0.15, 0.2) is 0 Å². The fourth-order valence-corrected chi connectivity index (χ4v) is 23.0. The molecular formula is C113H248N4. The first-order chi connectivity index (χ1) is 54.5. The summed E-state index contributed by atoms with van der Waals surface area (Å²) in [5.74, 6) is 13.4. The van der Waals surface area contributed by atoms with Gasteiger partial charge in [-0.1, -0.05) is 452 Å². The summed E-state index contributed by atoms with van der Waals surface area (Å²) < 4.78 is 0. The smallest absolute Gasteiger partial charge is 0.0239 e. The third-order valence-electron chi connectivity index (χ3n) is 32.5. The van der Waals surface area contributed by atoms with Crippen molar-refractivity contribution in [3.63, 3.8) is 0 Å². The Bertz CT molecular complexity index is 1810. The molecule has 4 aliphatic heterocycles. The summed E-state index contributed by atoms with van der Waals surface area (Å²) in [4.78, 5) is 0. The van der Waals surface area contributed by atoms with Crippen molar-refractivity contribution in [1.82, 2.24) is 21.3 Å². The third-order valence-corrected chi connectivity index (χ3v) is 32.5. The van der Waals surface area contributed by atoms with E-state index in [1.165, 1.54) is 193 Å². The highest BCUT2D eigenvalue weighted by atomic mass is 15.1. The molecule has 0 radical (unpaired) electrons. The van der Waals surface area contributed by atoms with Crippen LogP contribution in [-0.4, -0.2) is 50.3 Å². The summed E-state index contributed by atoms with van der Waals surface area (Å²) in [5.41, 5.74) is 6.50. The molecule has 0 spiro atoms. The van der Waals surface area contributed by atoms with Crippen molar-refractivity contribution in [2.75, 3.05) is 39.3 Å². The average molecular weight is 1660 g/mol. The van der Waals surface area contributed by atoms with E-state index >= 15 is 0 Å². The lowest BCUT2D eigenvalue weighted by molar-refractivity contribution is 0.0133. The van der Waals surface area contributed by atoms with Gasteiger partial charge in [-0.2, -0.15) is 0 Å². The summed E-state index contributed by atoms with van der Waals surface area (Å²) in [6.45, 7) is 133. The Morgan fingerprint density at radius 2 is 0.393 bits per heavy atom. The maximum absolute atomic E-state index is 3.67. The molecule has 5 saturated carbocycles. The van der Waals surface area contributed by atoms with Crippen LogP contribution in [0.4, 0.5) is 0 Å². The number of nitrogens with one attached hydrogen (secondary N) is 4. The number of hydrogen-bond acceptors (Lipinski definition) is 4. The van der Waals surface area contributed by atoms with Crippen LogP contribution in [0.3, 0.4) is 0 Å². The highest BCUT2D eigenvalue weighted by Crippen LogP contribution is 2.63. The van der Waals surface area contributed by atoms with Crippen molar-refractivity contribution < 1.29 is 0 Å². The Morgan fingerprint density at radius 3 is 0.496 bits per heavy atom. The van der Waals surface area contributed by atoms with E-state index in [-0.39, 0.29) is 0 Å². The lowest BCUT2D eigenvalue weighted by Gasteiger charge is -2.50. The van der Waals surface area contributed by atoms with E-state index in [4.69, 9.17) is 0 Å².